The van der Waals surface area contributed by atoms with Crippen molar-refractivity contribution >= 4 is 79.0 Å². The van der Waals surface area contributed by atoms with Crippen LogP contribution in [0.3, 0.4) is 0 Å². The molecular weight excluding hydrogens is 581 g/mol. The van der Waals surface area contributed by atoms with Crippen LogP contribution in [0.4, 0.5) is 34.1 Å². The molecule has 0 fully saturated rings. The van der Waals surface area contributed by atoms with Crippen molar-refractivity contribution in [3.8, 4) is 5.69 Å². The lowest BCUT2D eigenvalue weighted by atomic mass is 9.32. The normalized spacial score (nSPS) is 13.1. The van der Waals surface area contributed by atoms with Crippen LogP contribution in [-0.2, 0) is 0 Å². The summed E-state index contributed by atoms with van der Waals surface area (Å²) in [4.78, 5) is 5.00. The van der Waals surface area contributed by atoms with Crippen molar-refractivity contribution in [1.29, 1.82) is 0 Å². The first kappa shape index (κ1) is 27.1. The fourth-order valence-corrected chi connectivity index (χ4v) is 8.48. The summed E-state index contributed by atoms with van der Waals surface area (Å²) >= 11 is 0. The van der Waals surface area contributed by atoms with Crippen molar-refractivity contribution in [3.63, 3.8) is 0 Å². The van der Waals surface area contributed by atoms with Crippen molar-refractivity contribution in [2.24, 2.45) is 0 Å². The molecule has 0 amide bonds. The minimum Gasteiger partial charge on any atom is -0.311 e. The van der Waals surface area contributed by atoms with Gasteiger partial charge in [0.05, 0.1) is 16.7 Å². The molecule has 0 atom stereocenters. The Kier molecular flexibility index (Phi) is 5.80. The topological polar surface area (TPSA) is 11.4 Å². The number of aryl methyl sites for hydroxylation is 2. The lowest BCUT2D eigenvalue weighted by molar-refractivity contribution is 1.16. The van der Waals surface area contributed by atoms with Gasteiger partial charge in [0.1, 0.15) is 0 Å². The van der Waals surface area contributed by atoms with Crippen LogP contribution in [0.25, 0.3) is 27.5 Å². The standard InChI is InChI=1S/C44H32BN3/c1-29-25-30(2)43-40(26-29)47(32-17-7-4-8-18-32)42-28-33(48-37-22-12-9-19-34(37)35-20-10-13-23-38(35)48)27-41-44(42)45(43)36-21-11-14-24-39(36)46(41)31-15-5-3-6-16-31/h3-28H,1-2H3. The first-order valence-electron chi connectivity index (χ1n) is 16.7. The highest BCUT2D eigenvalue weighted by molar-refractivity contribution is 7.00. The molecule has 0 saturated carbocycles. The van der Waals surface area contributed by atoms with E-state index in [1.165, 1.54) is 72.1 Å². The number of benzene rings is 7. The molecule has 0 bridgehead atoms. The molecule has 0 unspecified atom stereocenters. The third-order valence-electron chi connectivity index (χ3n) is 10.3. The van der Waals surface area contributed by atoms with E-state index in [0.717, 1.165) is 17.1 Å². The maximum Gasteiger partial charge on any atom is 0.252 e. The molecule has 0 aliphatic carbocycles. The highest BCUT2D eigenvalue weighted by Crippen LogP contribution is 2.46. The summed E-state index contributed by atoms with van der Waals surface area (Å²) in [6.07, 6.45) is 0. The summed E-state index contributed by atoms with van der Waals surface area (Å²) in [5.74, 6) is 0. The maximum atomic E-state index is 2.51. The average molecular weight is 614 g/mol. The summed E-state index contributed by atoms with van der Waals surface area (Å²) in [6.45, 7) is 4.60. The molecule has 0 N–H and O–H groups in total. The first-order valence-corrected chi connectivity index (χ1v) is 16.7. The zero-order chi connectivity index (χ0) is 31.9. The fourth-order valence-electron chi connectivity index (χ4n) is 8.48. The van der Waals surface area contributed by atoms with E-state index in [0.29, 0.717) is 0 Å². The van der Waals surface area contributed by atoms with Gasteiger partial charge in [-0.05, 0) is 96.5 Å². The summed E-state index contributed by atoms with van der Waals surface area (Å²) in [6, 6.07) is 58.0. The molecule has 8 aromatic rings. The summed E-state index contributed by atoms with van der Waals surface area (Å²) < 4.78 is 2.46. The van der Waals surface area contributed by atoms with Gasteiger partial charge < -0.3 is 14.4 Å². The van der Waals surface area contributed by atoms with Crippen LogP contribution in [0.2, 0.25) is 0 Å². The number of anilines is 6. The second-order valence-electron chi connectivity index (χ2n) is 13.1. The van der Waals surface area contributed by atoms with E-state index < -0.39 is 0 Å². The van der Waals surface area contributed by atoms with Crippen LogP contribution < -0.4 is 26.2 Å². The summed E-state index contributed by atoms with van der Waals surface area (Å²) in [5.41, 5.74) is 17.4. The van der Waals surface area contributed by atoms with Crippen LogP contribution in [0, 0.1) is 13.8 Å². The van der Waals surface area contributed by atoms with Crippen LogP contribution in [0.1, 0.15) is 11.1 Å². The third kappa shape index (κ3) is 3.77. The van der Waals surface area contributed by atoms with Gasteiger partial charge >= 0.3 is 0 Å². The van der Waals surface area contributed by atoms with E-state index in [4.69, 9.17) is 0 Å². The second kappa shape index (κ2) is 10.3. The van der Waals surface area contributed by atoms with Gasteiger partial charge in [-0.3, -0.25) is 0 Å². The zero-order valence-electron chi connectivity index (χ0n) is 26.9. The van der Waals surface area contributed by atoms with Gasteiger partial charge in [0, 0.05) is 44.9 Å². The van der Waals surface area contributed by atoms with Crippen molar-refractivity contribution in [3.05, 3.63) is 169 Å². The molecule has 48 heavy (non-hydrogen) atoms. The molecule has 0 saturated heterocycles. The predicted octanol–water partition coefficient (Wildman–Crippen LogP) is 9.48. The Morgan fingerprint density at radius 1 is 0.417 bits per heavy atom. The van der Waals surface area contributed by atoms with Gasteiger partial charge in [-0.15, -0.1) is 0 Å². The molecule has 0 spiro atoms. The van der Waals surface area contributed by atoms with Gasteiger partial charge in [-0.2, -0.15) is 0 Å². The highest BCUT2D eigenvalue weighted by Gasteiger charge is 2.44. The Bertz CT molecular complexity index is 2500. The van der Waals surface area contributed by atoms with Crippen LogP contribution in [0.5, 0.6) is 0 Å². The number of para-hydroxylation sites is 5. The lowest BCUT2D eigenvalue weighted by Crippen LogP contribution is -2.62. The minimum absolute atomic E-state index is 0.0916. The van der Waals surface area contributed by atoms with Gasteiger partial charge in [0.25, 0.3) is 6.71 Å². The SMILES string of the molecule is Cc1cc(C)c2c(c1)N(c1ccccc1)c1cc(-n3c4ccccc4c4ccccc43)cc3c1B2c1ccccc1N3c1ccccc1. The Morgan fingerprint density at radius 3 is 1.54 bits per heavy atom. The predicted molar refractivity (Wildman–Crippen MR) is 204 cm³/mol. The number of aromatic nitrogens is 1. The third-order valence-corrected chi connectivity index (χ3v) is 10.3. The molecule has 4 heteroatoms. The number of hydrogen-bond acceptors (Lipinski definition) is 2. The lowest BCUT2D eigenvalue weighted by Gasteiger charge is -2.45. The number of fused-ring (bicyclic) bond motifs is 7. The second-order valence-corrected chi connectivity index (χ2v) is 13.1. The van der Waals surface area contributed by atoms with Crippen LogP contribution >= 0.6 is 0 Å². The van der Waals surface area contributed by atoms with Crippen molar-refractivity contribution in [1.82, 2.24) is 4.57 Å². The average Bonchev–Trinajstić information content (AvgIpc) is 3.46. The van der Waals surface area contributed by atoms with Crippen LogP contribution in [0.15, 0.2) is 158 Å². The molecule has 226 valence electrons. The Morgan fingerprint density at radius 2 is 0.917 bits per heavy atom. The van der Waals surface area contributed by atoms with Crippen molar-refractivity contribution < 1.29 is 0 Å². The van der Waals surface area contributed by atoms with E-state index in [9.17, 15) is 0 Å². The van der Waals surface area contributed by atoms with Crippen molar-refractivity contribution in [2.45, 2.75) is 13.8 Å². The molecular formula is C44H32BN3. The molecule has 7 aromatic carbocycles. The van der Waals surface area contributed by atoms with Gasteiger partial charge in [0.15, 0.2) is 0 Å². The molecule has 2 aliphatic heterocycles. The Balaban J connectivity index is 1.39. The maximum absolute atomic E-state index is 2.51. The summed E-state index contributed by atoms with van der Waals surface area (Å²) in [7, 11) is 0. The monoisotopic (exact) mass is 613 g/mol. The molecule has 3 nitrogen and oxygen atoms in total. The van der Waals surface area contributed by atoms with Gasteiger partial charge in [-0.25, -0.2) is 0 Å². The van der Waals surface area contributed by atoms with E-state index in [1.54, 1.807) is 0 Å². The van der Waals surface area contributed by atoms with E-state index >= 15 is 0 Å². The largest absolute Gasteiger partial charge is 0.311 e. The fraction of sp³-hybridized carbons (Fsp3) is 0.0455. The number of hydrogen-bond donors (Lipinski definition) is 0. The van der Waals surface area contributed by atoms with Crippen molar-refractivity contribution in [2.75, 3.05) is 9.80 Å². The van der Waals surface area contributed by atoms with E-state index in [-0.39, 0.29) is 6.71 Å². The Labute approximate surface area is 281 Å². The van der Waals surface area contributed by atoms with E-state index in [1.807, 2.05) is 0 Å². The molecule has 1 aromatic heterocycles. The number of rotatable bonds is 3. The molecule has 10 rings (SSSR count). The minimum atomic E-state index is 0.0916. The van der Waals surface area contributed by atoms with E-state index in [2.05, 4.69) is 186 Å². The number of nitrogens with zero attached hydrogens (tertiary/aromatic N) is 3. The molecule has 2 aliphatic rings. The highest BCUT2D eigenvalue weighted by atomic mass is 15.2. The Hall–Kier alpha value is -6.00. The quantitative estimate of drug-likeness (QED) is 0.184. The smallest absolute Gasteiger partial charge is 0.252 e. The molecule has 3 heterocycles. The first-order chi connectivity index (χ1) is 23.7. The van der Waals surface area contributed by atoms with Gasteiger partial charge in [-0.1, -0.05) is 103 Å². The summed E-state index contributed by atoms with van der Waals surface area (Å²) in [5, 5.41) is 2.53. The van der Waals surface area contributed by atoms with Gasteiger partial charge in [0.2, 0.25) is 0 Å². The van der Waals surface area contributed by atoms with Crippen LogP contribution in [-0.4, -0.2) is 11.3 Å². The molecule has 0 radical (unpaired) electrons. The zero-order valence-corrected chi connectivity index (χ0v) is 26.9.